The predicted molar refractivity (Wildman–Crippen MR) is 118 cm³/mol. The summed E-state index contributed by atoms with van der Waals surface area (Å²) in [6, 6.07) is 4.44. The summed E-state index contributed by atoms with van der Waals surface area (Å²) in [7, 11) is -3.34. The van der Waals surface area contributed by atoms with E-state index >= 15 is 0 Å². The molecule has 0 bridgehead atoms. The smallest absolute Gasteiger partial charge is 0.227 e. The highest BCUT2D eigenvalue weighted by Crippen LogP contribution is 2.17. The van der Waals surface area contributed by atoms with Crippen LogP contribution in [0.4, 0.5) is 0 Å². The Balaban J connectivity index is 1.60. The Labute approximate surface area is 179 Å². The van der Waals surface area contributed by atoms with Gasteiger partial charge in [-0.05, 0) is 37.8 Å². The van der Waals surface area contributed by atoms with E-state index in [-0.39, 0.29) is 18.2 Å². The summed E-state index contributed by atoms with van der Waals surface area (Å²) in [5.74, 6) is 0.0197. The van der Waals surface area contributed by atoms with Crippen molar-refractivity contribution in [3.05, 3.63) is 22.4 Å². The van der Waals surface area contributed by atoms with Gasteiger partial charge in [0, 0.05) is 56.7 Å². The third kappa shape index (κ3) is 6.75. The minimum absolute atomic E-state index is 0.00126. The largest absolute Gasteiger partial charge is 0.340 e. The van der Waals surface area contributed by atoms with Crippen LogP contribution in [0.5, 0.6) is 0 Å². The molecular weight excluding hydrogens is 408 g/mol. The van der Waals surface area contributed by atoms with Gasteiger partial charge in [0.15, 0.2) is 0 Å². The fourth-order valence-corrected chi connectivity index (χ4v) is 6.20. The van der Waals surface area contributed by atoms with Gasteiger partial charge in [0.25, 0.3) is 0 Å². The number of hydrogen-bond donors (Lipinski definition) is 1. The Kier molecular flexibility index (Phi) is 8.49. The number of thiophene rings is 1. The van der Waals surface area contributed by atoms with Crippen LogP contribution in [0.15, 0.2) is 17.5 Å². The molecule has 29 heavy (non-hydrogen) atoms. The van der Waals surface area contributed by atoms with Crippen LogP contribution in [0.3, 0.4) is 0 Å². The molecule has 0 spiro atoms. The number of nitrogens with one attached hydrogen (secondary N) is 1. The molecule has 3 heterocycles. The fourth-order valence-electron chi connectivity index (χ4n) is 4.05. The maximum absolute atomic E-state index is 13.0. The number of sulfonamides is 1. The van der Waals surface area contributed by atoms with Crippen LogP contribution >= 0.6 is 11.3 Å². The highest BCUT2D eigenvalue weighted by Gasteiger charge is 2.26. The first-order chi connectivity index (χ1) is 14.0. The molecule has 0 aliphatic carbocycles. The third-order valence-corrected chi connectivity index (χ3v) is 8.67. The second-order valence-corrected chi connectivity index (χ2v) is 11.1. The molecule has 0 aromatic carbocycles. The Morgan fingerprint density at radius 1 is 1.24 bits per heavy atom. The first kappa shape index (κ1) is 22.7. The lowest BCUT2D eigenvalue weighted by atomic mass is 10.0. The molecule has 2 fully saturated rings. The van der Waals surface area contributed by atoms with Gasteiger partial charge in [0.1, 0.15) is 0 Å². The second kappa shape index (κ2) is 10.9. The first-order valence-corrected chi connectivity index (χ1v) is 13.2. The molecule has 1 amide bonds. The highest BCUT2D eigenvalue weighted by atomic mass is 32.2. The molecule has 0 saturated carbocycles. The van der Waals surface area contributed by atoms with Gasteiger partial charge in [-0.25, -0.2) is 8.42 Å². The van der Waals surface area contributed by atoms with Gasteiger partial charge in [0.05, 0.1) is 12.2 Å². The van der Waals surface area contributed by atoms with E-state index in [1.165, 1.54) is 19.3 Å². The number of hydrogen-bond acceptors (Lipinski definition) is 6. The summed E-state index contributed by atoms with van der Waals surface area (Å²) in [5, 5.41) is 5.15. The van der Waals surface area contributed by atoms with Crippen molar-refractivity contribution in [1.82, 2.24) is 19.4 Å². The van der Waals surface area contributed by atoms with Crippen LogP contribution < -0.4 is 5.32 Å². The molecule has 2 aliphatic rings. The predicted octanol–water partition coefficient (Wildman–Crippen LogP) is 1.23. The minimum Gasteiger partial charge on any atom is -0.340 e. The maximum Gasteiger partial charge on any atom is 0.227 e. The number of carbonyl (C=O) groups excluding carboxylic acids is 1. The van der Waals surface area contributed by atoms with E-state index in [4.69, 9.17) is 0 Å². The van der Waals surface area contributed by atoms with E-state index in [0.29, 0.717) is 45.2 Å². The Bertz CT molecular complexity index is 733. The molecule has 3 rings (SSSR count). The van der Waals surface area contributed by atoms with E-state index in [1.54, 1.807) is 20.5 Å². The summed E-state index contributed by atoms with van der Waals surface area (Å²) < 4.78 is 27.0. The summed E-state index contributed by atoms with van der Waals surface area (Å²) in [6.07, 6.45) is 4.01. The fraction of sp³-hybridized carbons (Fsp3) is 0.750. The lowest BCUT2D eigenvalue weighted by Gasteiger charge is -2.35. The number of likely N-dealkylation sites (tertiary alicyclic amines) is 1. The van der Waals surface area contributed by atoms with Crippen molar-refractivity contribution < 1.29 is 13.2 Å². The standard InChI is InChI=1S/C20H34N4O3S2/c1-18-5-2-3-9-22(18)12-13-23(20(25)17-19-6-4-15-28-19)14-16-29(26,27)24-10-7-21-8-11-24/h4,6,15,18,21H,2-3,5,7-14,16-17H2,1H3. The van der Waals surface area contributed by atoms with Crippen molar-refractivity contribution in [2.75, 3.05) is 58.1 Å². The second-order valence-electron chi connectivity index (χ2n) is 7.98. The van der Waals surface area contributed by atoms with Crippen molar-refractivity contribution >= 4 is 27.3 Å². The van der Waals surface area contributed by atoms with E-state index in [9.17, 15) is 13.2 Å². The maximum atomic E-state index is 13.0. The van der Waals surface area contributed by atoms with Crippen molar-refractivity contribution in [3.8, 4) is 0 Å². The number of amides is 1. The normalized spacial score (nSPS) is 21.9. The Hall–Kier alpha value is -1.000. The van der Waals surface area contributed by atoms with Crippen molar-refractivity contribution in [1.29, 1.82) is 0 Å². The van der Waals surface area contributed by atoms with Gasteiger partial charge in [-0.3, -0.25) is 9.69 Å². The summed E-state index contributed by atoms with van der Waals surface area (Å²) in [4.78, 5) is 18.2. The molecule has 1 aromatic heterocycles. The highest BCUT2D eigenvalue weighted by molar-refractivity contribution is 7.89. The van der Waals surface area contributed by atoms with Crippen LogP contribution in [-0.4, -0.2) is 92.6 Å². The Morgan fingerprint density at radius 2 is 2.03 bits per heavy atom. The molecule has 1 aromatic rings. The quantitative estimate of drug-likeness (QED) is 0.623. The molecule has 7 nitrogen and oxygen atoms in total. The van der Waals surface area contributed by atoms with E-state index in [0.717, 1.165) is 18.0 Å². The number of piperazine rings is 1. The van der Waals surface area contributed by atoms with Gasteiger partial charge in [-0.1, -0.05) is 12.5 Å². The zero-order valence-electron chi connectivity index (χ0n) is 17.4. The van der Waals surface area contributed by atoms with Gasteiger partial charge < -0.3 is 10.2 Å². The monoisotopic (exact) mass is 442 g/mol. The molecule has 2 saturated heterocycles. The summed E-state index contributed by atoms with van der Waals surface area (Å²) in [6.45, 7) is 7.36. The molecular formula is C20H34N4O3S2. The summed E-state index contributed by atoms with van der Waals surface area (Å²) >= 11 is 1.57. The number of carbonyl (C=O) groups is 1. The average Bonchev–Trinajstić information content (AvgIpc) is 3.23. The van der Waals surface area contributed by atoms with Crippen molar-refractivity contribution in [2.24, 2.45) is 0 Å². The lowest BCUT2D eigenvalue weighted by molar-refractivity contribution is -0.130. The van der Waals surface area contributed by atoms with Crippen molar-refractivity contribution in [3.63, 3.8) is 0 Å². The third-order valence-electron chi connectivity index (χ3n) is 5.94. The zero-order valence-corrected chi connectivity index (χ0v) is 19.0. The molecule has 0 radical (unpaired) electrons. The number of piperidine rings is 1. The van der Waals surface area contributed by atoms with E-state index < -0.39 is 10.0 Å². The Morgan fingerprint density at radius 3 is 2.72 bits per heavy atom. The van der Waals surface area contributed by atoms with Crippen LogP contribution in [-0.2, 0) is 21.2 Å². The molecule has 1 N–H and O–H groups in total. The average molecular weight is 443 g/mol. The minimum atomic E-state index is -3.34. The van der Waals surface area contributed by atoms with Crippen LogP contribution in [0.2, 0.25) is 0 Å². The van der Waals surface area contributed by atoms with Crippen LogP contribution in [0.25, 0.3) is 0 Å². The zero-order chi connectivity index (χ0) is 20.7. The van der Waals surface area contributed by atoms with Crippen LogP contribution in [0.1, 0.15) is 31.1 Å². The number of nitrogens with zero attached hydrogens (tertiary/aromatic N) is 3. The molecule has 2 aliphatic heterocycles. The lowest BCUT2D eigenvalue weighted by Crippen LogP contribution is -2.49. The van der Waals surface area contributed by atoms with Gasteiger partial charge in [-0.2, -0.15) is 4.31 Å². The molecule has 164 valence electrons. The van der Waals surface area contributed by atoms with Gasteiger partial charge in [0.2, 0.25) is 15.9 Å². The van der Waals surface area contributed by atoms with Crippen molar-refractivity contribution in [2.45, 2.75) is 38.6 Å². The van der Waals surface area contributed by atoms with Gasteiger partial charge >= 0.3 is 0 Å². The number of rotatable bonds is 9. The summed E-state index contributed by atoms with van der Waals surface area (Å²) in [5.41, 5.74) is 0. The van der Waals surface area contributed by atoms with E-state index in [2.05, 4.69) is 17.1 Å². The topological polar surface area (TPSA) is 73.0 Å². The first-order valence-electron chi connectivity index (χ1n) is 10.7. The van der Waals surface area contributed by atoms with E-state index in [1.807, 2.05) is 17.5 Å². The van der Waals surface area contributed by atoms with Crippen LogP contribution in [0, 0.1) is 0 Å². The molecule has 1 atom stereocenters. The van der Waals surface area contributed by atoms with Gasteiger partial charge in [-0.15, -0.1) is 11.3 Å². The molecule has 9 heteroatoms. The SMILES string of the molecule is CC1CCCCN1CCN(CCS(=O)(=O)N1CCNCC1)C(=O)Cc1cccs1. The molecule has 1 unspecified atom stereocenters.